The van der Waals surface area contributed by atoms with Crippen LogP contribution in [-0.4, -0.2) is 40.5 Å². The largest absolute Gasteiger partial charge is 0.322 e. The monoisotopic (exact) mass is 423 g/mol. The van der Waals surface area contributed by atoms with E-state index < -0.39 is 35.5 Å². The summed E-state index contributed by atoms with van der Waals surface area (Å²) < 4.78 is 13.7. The lowest BCUT2D eigenvalue weighted by Crippen LogP contribution is -2.52. The molecule has 0 spiro atoms. The zero-order chi connectivity index (χ0) is 22.1. The van der Waals surface area contributed by atoms with Gasteiger partial charge in [-0.2, -0.15) is 0 Å². The lowest BCUT2D eigenvalue weighted by Gasteiger charge is -2.29. The zero-order valence-electron chi connectivity index (χ0n) is 16.3. The molecule has 2 aliphatic rings. The number of rotatable bonds is 4. The second kappa shape index (κ2) is 8.10. The molecule has 9 heteroatoms. The standard InChI is InChI=1S/C22H18FN3O5/c23-15-7-2-1-4-12(15)10-18(28)25-20(29)14-6-3-5-13-11-26(22(31)19(13)14)16-8-9-17(27)24-21(16)30/h1-7,16H,8-11H2,(H,24,27,30)(H,25,28,29). The first-order valence-electron chi connectivity index (χ1n) is 9.69. The number of hydrogen-bond acceptors (Lipinski definition) is 5. The summed E-state index contributed by atoms with van der Waals surface area (Å²) >= 11 is 0. The molecule has 2 heterocycles. The maximum atomic E-state index is 13.7. The lowest BCUT2D eigenvalue weighted by atomic mass is 10.0. The average Bonchev–Trinajstić information content (AvgIpc) is 3.06. The number of hydrogen-bond donors (Lipinski definition) is 2. The van der Waals surface area contributed by atoms with Crippen LogP contribution in [0.1, 0.15) is 44.7 Å². The Morgan fingerprint density at radius 2 is 1.87 bits per heavy atom. The highest BCUT2D eigenvalue weighted by Gasteiger charge is 2.40. The van der Waals surface area contributed by atoms with Gasteiger partial charge in [0.1, 0.15) is 11.9 Å². The SMILES string of the molecule is O=C(Cc1ccccc1F)NC(=O)c1cccc2c1C(=O)N(C1CCC(=O)NC1=O)C2. The van der Waals surface area contributed by atoms with Gasteiger partial charge in [0, 0.05) is 13.0 Å². The summed E-state index contributed by atoms with van der Waals surface area (Å²) in [6.45, 7) is 0.116. The van der Waals surface area contributed by atoms with Gasteiger partial charge in [-0.3, -0.25) is 34.6 Å². The molecule has 31 heavy (non-hydrogen) atoms. The van der Waals surface area contributed by atoms with Crippen LogP contribution in [0.3, 0.4) is 0 Å². The smallest absolute Gasteiger partial charge is 0.258 e. The third kappa shape index (κ3) is 3.94. The Bertz CT molecular complexity index is 1130. The first-order chi connectivity index (χ1) is 14.8. The summed E-state index contributed by atoms with van der Waals surface area (Å²) in [4.78, 5) is 62.8. The van der Waals surface area contributed by atoms with Crippen LogP contribution in [0.15, 0.2) is 42.5 Å². The van der Waals surface area contributed by atoms with Crippen molar-refractivity contribution in [2.24, 2.45) is 0 Å². The molecular weight excluding hydrogens is 405 g/mol. The summed E-state index contributed by atoms with van der Waals surface area (Å²) in [7, 11) is 0. The quantitative estimate of drug-likeness (QED) is 0.715. The van der Waals surface area contributed by atoms with Gasteiger partial charge in [0.2, 0.25) is 17.7 Å². The molecule has 2 aromatic carbocycles. The molecule has 4 rings (SSSR count). The van der Waals surface area contributed by atoms with E-state index in [1.54, 1.807) is 18.2 Å². The van der Waals surface area contributed by atoms with Gasteiger partial charge >= 0.3 is 0 Å². The molecule has 2 aliphatic heterocycles. The van der Waals surface area contributed by atoms with E-state index in [2.05, 4.69) is 10.6 Å². The molecule has 5 amide bonds. The fourth-order valence-electron chi connectivity index (χ4n) is 3.86. The molecule has 0 radical (unpaired) electrons. The Kier molecular flexibility index (Phi) is 5.33. The molecule has 1 atom stereocenters. The van der Waals surface area contributed by atoms with Gasteiger partial charge in [-0.25, -0.2) is 4.39 Å². The minimum Gasteiger partial charge on any atom is -0.322 e. The Balaban J connectivity index is 1.51. The third-order valence-electron chi connectivity index (χ3n) is 5.36. The molecule has 1 saturated heterocycles. The van der Waals surface area contributed by atoms with Crippen molar-refractivity contribution >= 4 is 29.5 Å². The Morgan fingerprint density at radius 1 is 1.10 bits per heavy atom. The normalized spacial score (nSPS) is 17.9. The fraction of sp³-hybridized carbons (Fsp3) is 0.227. The number of piperidine rings is 1. The van der Waals surface area contributed by atoms with Crippen LogP contribution in [-0.2, 0) is 27.3 Å². The first kappa shape index (κ1) is 20.4. The molecule has 0 aliphatic carbocycles. The van der Waals surface area contributed by atoms with Crippen LogP contribution in [0.25, 0.3) is 0 Å². The summed E-state index contributed by atoms with van der Waals surface area (Å²) in [5.74, 6) is -3.50. The van der Waals surface area contributed by atoms with Gasteiger partial charge in [-0.05, 0) is 29.7 Å². The van der Waals surface area contributed by atoms with Gasteiger partial charge < -0.3 is 4.90 Å². The van der Waals surface area contributed by atoms with E-state index in [0.29, 0.717) is 5.56 Å². The van der Waals surface area contributed by atoms with Gasteiger partial charge in [-0.15, -0.1) is 0 Å². The second-order valence-corrected chi connectivity index (χ2v) is 7.39. The number of carbonyl (C=O) groups is 5. The number of nitrogens with one attached hydrogen (secondary N) is 2. The van der Waals surface area contributed by atoms with Crippen LogP contribution in [0.5, 0.6) is 0 Å². The highest BCUT2D eigenvalue weighted by molar-refractivity contribution is 6.14. The molecule has 0 aromatic heterocycles. The second-order valence-electron chi connectivity index (χ2n) is 7.39. The molecule has 158 valence electrons. The minimum absolute atomic E-state index is 0.000761. The molecular formula is C22H18FN3O5. The van der Waals surface area contributed by atoms with Crippen LogP contribution >= 0.6 is 0 Å². The highest BCUT2D eigenvalue weighted by Crippen LogP contribution is 2.29. The number of imide groups is 2. The minimum atomic E-state index is -0.809. The van der Waals surface area contributed by atoms with Crippen LogP contribution in [0.4, 0.5) is 4.39 Å². The van der Waals surface area contributed by atoms with E-state index in [4.69, 9.17) is 0 Å². The van der Waals surface area contributed by atoms with Crippen LogP contribution < -0.4 is 10.6 Å². The summed E-state index contributed by atoms with van der Waals surface area (Å²) in [5, 5.41) is 4.41. The van der Waals surface area contributed by atoms with Gasteiger partial charge in [0.15, 0.2) is 0 Å². The maximum Gasteiger partial charge on any atom is 0.258 e. The fourth-order valence-corrected chi connectivity index (χ4v) is 3.86. The van der Waals surface area contributed by atoms with Crippen LogP contribution in [0.2, 0.25) is 0 Å². The molecule has 1 fully saturated rings. The highest BCUT2D eigenvalue weighted by atomic mass is 19.1. The number of carbonyl (C=O) groups excluding carboxylic acids is 5. The van der Waals surface area contributed by atoms with E-state index in [0.717, 1.165) is 0 Å². The third-order valence-corrected chi connectivity index (χ3v) is 5.36. The number of amides is 5. The van der Waals surface area contributed by atoms with E-state index in [1.165, 1.54) is 29.2 Å². The molecule has 2 aromatic rings. The van der Waals surface area contributed by atoms with Crippen molar-refractivity contribution in [1.82, 2.24) is 15.5 Å². The molecule has 8 nitrogen and oxygen atoms in total. The van der Waals surface area contributed by atoms with Crippen molar-refractivity contribution in [1.29, 1.82) is 0 Å². The molecule has 2 N–H and O–H groups in total. The van der Waals surface area contributed by atoms with E-state index in [1.807, 2.05) is 0 Å². The number of benzene rings is 2. The summed E-state index contributed by atoms with van der Waals surface area (Å²) in [5.41, 5.74) is 0.803. The van der Waals surface area contributed by atoms with E-state index in [9.17, 15) is 28.4 Å². The summed E-state index contributed by atoms with van der Waals surface area (Å²) in [6, 6.07) is 9.59. The van der Waals surface area contributed by atoms with Gasteiger partial charge in [-0.1, -0.05) is 30.3 Å². The van der Waals surface area contributed by atoms with E-state index >= 15 is 0 Å². The van der Waals surface area contributed by atoms with Crippen molar-refractivity contribution in [3.63, 3.8) is 0 Å². The Labute approximate surface area is 176 Å². The van der Waals surface area contributed by atoms with Crippen LogP contribution in [0, 0.1) is 5.82 Å². The lowest BCUT2D eigenvalue weighted by molar-refractivity contribution is -0.137. The van der Waals surface area contributed by atoms with Crippen molar-refractivity contribution in [2.45, 2.75) is 31.8 Å². The van der Waals surface area contributed by atoms with Crippen molar-refractivity contribution in [3.05, 3.63) is 70.5 Å². The predicted molar refractivity (Wildman–Crippen MR) is 105 cm³/mol. The molecule has 0 saturated carbocycles. The summed E-state index contributed by atoms with van der Waals surface area (Å²) in [6.07, 6.45) is -0.00867. The van der Waals surface area contributed by atoms with Crippen molar-refractivity contribution in [2.75, 3.05) is 0 Å². The zero-order valence-corrected chi connectivity index (χ0v) is 16.3. The molecule has 0 bridgehead atoms. The average molecular weight is 423 g/mol. The van der Waals surface area contributed by atoms with E-state index in [-0.39, 0.29) is 48.4 Å². The van der Waals surface area contributed by atoms with Crippen molar-refractivity contribution < 1.29 is 28.4 Å². The molecule has 1 unspecified atom stereocenters. The first-order valence-corrected chi connectivity index (χ1v) is 9.69. The van der Waals surface area contributed by atoms with Gasteiger partial charge in [0.05, 0.1) is 17.5 Å². The number of fused-ring (bicyclic) bond motifs is 1. The topological polar surface area (TPSA) is 113 Å². The predicted octanol–water partition coefficient (Wildman–Crippen LogP) is 1.09. The number of halogens is 1. The Hall–Kier alpha value is -3.88. The Morgan fingerprint density at radius 3 is 2.61 bits per heavy atom. The van der Waals surface area contributed by atoms with Gasteiger partial charge in [0.25, 0.3) is 11.8 Å². The maximum absolute atomic E-state index is 13.7. The number of nitrogens with zero attached hydrogens (tertiary/aromatic N) is 1. The van der Waals surface area contributed by atoms with Crippen molar-refractivity contribution in [3.8, 4) is 0 Å².